The normalized spacial score (nSPS) is 10.6. The Hall–Kier alpha value is -1.84. The summed E-state index contributed by atoms with van der Waals surface area (Å²) in [5.41, 5.74) is 3.59. The summed E-state index contributed by atoms with van der Waals surface area (Å²) < 4.78 is 15.1. The molecule has 0 unspecified atom stereocenters. The lowest BCUT2D eigenvalue weighted by molar-refractivity contribution is 0.619. The summed E-state index contributed by atoms with van der Waals surface area (Å²) in [6.45, 7) is 4.40. The van der Waals surface area contributed by atoms with Crippen LogP contribution in [0.15, 0.2) is 24.4 Å². The fraction of sp³-hybridized carbons (Fsp3) is 0.308. The maximum Gasteiger partial charge on any atom is 0.128 e. The van der Waals surface area contributed by atoms with Gasteiger partial charge in [0.05, 0.1) is 5.69 Å². The van der Waals surface area contributed by atoms with Crippen LogP contribution in [0.2, 0.25) is 0 Å². The fourth-order valence-electron chi connectivity index (χ4n) is 1.81. The van der Waals surface area contributed by atoms with Crippen molar-refractivity contribution in [2.75, 3.05) is 5.32 Å². The molecule has 0 spiro atoms. The van der Waals surface area contributed by atoms with E-state index in [4.69, 9.17) is 0 Å². The molecule has 0 radical (unpaired) electrons. The topological polar surface area (TPSA) is 29.9 Å². The van der Waals surface area contributed by atoms with Crippen molar-refractivity contribution in [2.24, 2.45) is 7.05 Å². The second kappa shape index (κ2) is 4.57. The largest absolute Gasteiger partial charge is 0.381 e. The summed E-state index contributed by atoms with van der Waals surface area (Å²) in [5.74, 6) is -0.182. The van der Waals surface area contributed by atoms with Crippen LogP contribution in [0, 0.1) is 19.7 Å². The smallest absolute Gasteiger partial charge is 0.128 e. The lowest BCUT2D eigenvalue weighted by atomic mass is 10.2. The van der Waals surface area contributed by atoms with Crippen LogP contribution in [0.5, 0.6) is 0 Å². The average Bonchev–Trinajstić information content (AvgIpc) is 2.60. The van der Waals surface area contributed by atoms with Crippen LogP contribution in [0.25, 0.3) is 0 Å². The molecule has 0 aliphatic heterocycles. The summed E-state index contributed by atoms with van der Waals surface area (Å²) in [6, 6.07) is 5.06. The zero-order valence-corrected chi connectivity index (χ0v) is 10.3. The first-order chi connectivity index (χ1) is 8.08. The van der Waals surface area contributed by atoms with Crippen molar-refractivity contribution >= 4 is 5.69 Å². The SMILES string of the molecule is Cc1nn(C)cc1CNc1cccc(F)c1C. The third-order valence-electron chi connectivity index (χ3n) is 2.85. The lowest BCUT2D eigenvalue weighted by Crippen LogP contribution is -2.02. The molecule has 90 valence electrons. The highest BCUT2D eigenvalue weighted by Crippen LogP contribution is 2.18. The monoisotopic (exact) mass is 233 g/mol. The van der Waals surface area contributed by atoms with Crippen molar-refractivity contribution in [2.45, 2.75) is 20.4 Å². The Kier molecular flexibility index (Phi) is 3.13. The molecule has 3 nitrogen and oxygen atoms in total. The van der Waals surface area contributed by atoms with Gasteiger partial charge in [-0.15, -0.1) is 0 Å². The Balaban J connectivity index is 2.12. The van der Waals surface area contributed by atoms with Crippen LogP contribution in [0.1, 0.15) is 16.8 Å². The van der Waals surface area contributed by atoms with Crippen LogP contribution >= 0.6 is 0 Å². The van der Waals surface area contributed by atoms with Crippen LogP contribution in [0.3, 0.4) is 0 Å². The quantitative estimate of drug-likeness (QED) is 0.883. The van der Waals surface area contributed by atoms with Crippen LogP contribution in [-0.2, 0) is 13.6 Å². The molecule has 1 heterocycles. The van der Waals surface area contributed by atoms with Crippen molar-refractivity contribution in [3.8, 4) is 0 Å². The fourth-order valence-corrected chi connectivity index (χ4v) is 1.81. The van der Waals surface area contributed by atoms with E-state index < -0.39 is 0 Å². The zero-order valence-electron chi connectivity index (χ0n) is 10.3. The van der Waals surface area contributed by atoms with E-state index in [1.807, 2.05) is 26.2 Å². The van der Waals surface area contributed by atoms with Gasteiger partial charge in [-0.05, 0) is 26.0 Å². The maximum absolute atomic E-state index is 13.3. The molecular weight excluding hydrogens is 217 g/mol. The van der Waals surface area contributed by atoms with Crippen molar-refractivity contribution in [1.82, 2.24) is 9.78 Å². The molecule has 1 aromatic carbocycles. The standard InChI is InChI=1S/C13H16FN3/c1-9-12(14)5-4-6-13(9)15-7-11-8-17(3)16-10(11)2/h4-6,8,15H,7H2,1-3H3. The number of hydrogen-bond acceptors (Lipinski definition) is 2. The number of aromatic nitrogens is 2. The summed E-state index contributed by atoms with van der Waals surface area (Å²) >= 11 is 0. The highest BCUT2D eigenvalue weighted by atomic mass is 19.1. The minimum atomic E-state index is -0.182. The molecule has 0 aliphatic rings. The first kappa shape index (κ1) is 11.6. The number of rotatable bonds is 3. The number of benzene rings is 1. The molecule has 1 N–H and O–H groups in total. The number of aryl methyl sites for hydroxylation is 2. The molecule has 0 amide bonds. The maximum atomic E-state index is 13.3. The van der Waals surface area contributed by atoms with Gasteiger partial charge in [0.2, 0.25) is 0 Å². The molecule has 17 heavy (non-hydrogen) atoms. The number of halogens is 1. The van der Waals surface area contributed by atoms with Gasteiger partial charge in [0, 0.05) is 36.6 Å². The second-order valence-corrected chi connectivity index (χ2v) is 4.18. The Bertz CT molecular complexity index is 531. The Morgan fingerprint density at radius 2 is 2.12 bits per heavy atom. The highest BCUT2D eigenvalue weighted by Gasteiger charge is 2.05. The number of nitrogens with one attached hydrogen (secondary N) is 1. The predicted molar refractivity (Wildman–Crippen MR) is 66.4 cm³/mol. The van der Waals surface area contributed by atoms with Gasteiger partial charge in [0.25, 0.3) is 0 Å². The average molecular weight is 233 g/mol. The minimum absolute atomic E-state index is 0.182. The molecule has 0 saturated heterocycles. The van der Waals surface area contributed by atoms with Crippen LogP contribution < -0.4 is 5.32 Å². The van der Waals surface area contributed by atoms with E-state index in [0.29, 0.717) is 12.1 Å². The van der Waals surface area contributed by atoms with Gasteiger partial charge in [-0.25, -0.2) is 4.39 Å². The van der Waals surface area contributed by atoms with E-state index in [1.54, 1.807) is 17.7 Å². The Morgan fingerprint density at radius 1 is 1.35 bits per heavy atom. The summed E-state index contributed by atoms with van der Waals surface area (Å²) in [6.07, 6.45) is 1.97. The van der Waals surface area contributed by atoms with E-state index in [2.05, 4.69) is 10.4 Å². The minimum Gasteiger partial charge on any atom is -0.381 e. The van der Waals surface area contributed by atoms with Gasteiger partial charge in [-0.2, -0.15) is 5.10 Å². The molecule has 1 aromatic heterocycles. The molecule has 2 rings (SSSR count). The summed E-state index contributed by atoms with van der Waals surface area (Å²) in [5, 5.41) is 7.50. The second-order valence-electron chi connectivity index (χ2n) is 4.18. The summed E-state index contributed by atoms with van der Waals surface area (Å²) in [7, 11) is 1.89. The van der Waals surface area contributed by atoms with Gasteiger partial charge in [-0.1, -0.05) is 6.07 Å². The lowest BCUT2D eigenvalue weighted by Gasteiger charge is -2.09. The van der Waals surface area contributed by atoms with E-state index >= 15 is 0 Å². The number of hydrogen-bond donors (Lipinski definition) is 1. The molecule has 0 saturated carbocycles. The van der Waals surface area contributed by atoms with E-state index in [0.717, 1.165) is 16.9 Å². The van der Waals surface area contributed by atoms with Crippen LogP contribution in [0.4, 0.5) is 10.1 Å². The molecule has 4 heteroatoms. The van der Waals surface area contributed by atoms with Crippen molar-refractivity contribution < 1.29 is 4.39 Å². The van der Waals surface area contributed by atoms with Gasteiger partial charge in [-0.3, -0.25) is 4.68 Å². The van der Waals surface area contributed by atoms with Gasteiger partial charge in [0.1, 0.15) is 5.82 Å². The van der Waals surface area contributed by atoms with Gasteiger partial charge >= 0.3 is 0 Å². The van der Waals surface area contributed by atoms with Gasteiger partial charge < -0.3 is 5.32 Å². The van der Waals surface area contributed by atoms with Gasteiger partial charge in [0.15, 0.2) is 0 Å². The van der Waals surface area contributed by atoms with E-state index in [9.17, 15) is 4.39 Å². The first-order valence-corrected chi connectivity index (χ1v) is 5.56. The Labute approximate surface area is 100 Å². The third kappa shape index (κ3) is 2.46. The molecular formula is C13H16FN3. The van der Waals surface area contributed by atoms with Crippen LogP contribution in [-0.4, -0.2) is 9.78 Å². The molecule has 0 aliphatic carbocycles. The molecule has 0 bridgehead atoms. The zero-order chi connectivity index (χ0) is 12.4. The van der Waals surface area contributed by atoms with Crippen molar-refractivity contribution in [3.05, 3.63) is 47.0 Å². The first-order valence-electron chi connectivity index (χ1n) is 5.56. The highest BCUT2D eigenvalue weighted by molar-refractivity contribution is 5.51. The number of anilines is 1. The Morgan fingerprint density at radius 3 is 2.76 bits per heavy atom. The van der Waals surface area contributed by atoms with E-state index in [-0.39, 0.29) is 5.82 Å². The van der Waals surface area contributed by atoms with Crippen molar-refractivity contribution in [3.63, 3.8) is 0 Å². The summed E-state index contributed by atoms with van der Waals surface area (Å²) in [4.78, 5) is 0. The van der Waals surface area contributed by atoms with E-state index in [1.165, 1.54) is 6.07 Å². The molecule has 2 aromatic rings. The molecule has 0 atom stereocenters. The molecule has 0 fully saturated rings. The predicted octanol–water partition coefficient (Wildman–Crippen LogP) is 2.79. The third-order valence-corrected chi connectivity index (χ3v) is 2.85. The number of nitrogens with zero attached hydrogens (tertiary/aromatic N) is 2. The van der Waals surface area contributed by atoms with Crippen molar-refractivity contribution in [1.29, 1.82) is 0 Å².